The van der Waals surface area contributed by atoms with E-state index in [1.807, 2.05) is 0 Å². The van der Waals surface area contributed by atoms with Crippen molar-refractivity contribution in [1.29, 1.82) is 0 Å². The van der Waals surface area contributed by atoms with Crippen LogP contribution in [0.25, 0.3) is 0 Å². The molecule has 0 amide bonds. The van der Waals surface area contributed by atoms with E-state index in [4.69, 9.17) is 27.4 Å². The third-order valence-electron chi connectivity index (χ3n) is 2.59. The molecule has 0 aromatic heterocycles. The van der Waals surface area contributed by atoms with Gasteiger partial charge in [0.05, 0.1) is 12.7 Å². The van der Waals surface area contributed by atoms with E-state index in [-0.39, 0.29) is 16.5 Å². The van der Waals surface area contributed by atoms with Crippen molar-refractivity contribution in [1.82, 2.24) is 0 Å². The van der Waals surface area contributed by atoms with Gasteiger partial charge in [0, 0.05) is 6.07 Å². The number of ether oxygens (including phenoxy) is 2. The van der Waals surface area contributed by atoms with E-state index >= 15 is 0 Å². The smallest absolute Gasteiger partial charge is 0.201 e. The second kappa shape index (κ2) is 5.83. The Bertz CT molecular complexity index is 662. The first-order chi connectivity index (χ1) is 9.52. The molecule has 0 aliphatic rings. The summed E-state index contributed by atoms with van der Waals surface area (Å²) in [4.78, 5) is 0.0828. The number of hydrogen-bond donors (Lipinski definition) is 1. The molecule has 0 bridgehead atoms. The van der Waals surface area contributed by atoms with Crippen LogP contribution >= 0.6 is 12.2 Å². The quantitative estimate of drug-likeness (QED) is 0.878. The molecule has 0 saturated heterocycles. The van der Waals surface area contributed by atoms with Crippen LogP contribution in [0.4, 0.5) is 8.78 Å². The standard InChI is InChI=1S/C14H11F2NO2S/c1-18-8-5-6-9(14(17)20)12(7-8)19-11-4-2-3-10(15)13(11)16/h2-7H,1H3,(H2,17,20). The molecule has 0 radical (unpaired) electrons. The monoisotopic (exact) mass is 295 g/mol. The number of methoxy groups -OCH3 is 1. The Hall–Kier alpha value is -2.21. The number of rotatable bonds is 4. The van der Waals surface area contributed by atoms with Gasteiger partial charge in [-0.2, -0.15) is 4.39 Å². The fourth-order valence-electron chi connectivity index (χ4n) is 1.60. The summed E-state index contributed by atoms with van der Waals surface area (Å²) in [6.45, 7) is 0. The van der Waals surface area contributed by atoms with Crippen LogP contribution in [0.5, 0.6) is 17.2 Å². The average molecular weight is 295 g/mol. The highest BCUT2D eigenvalue weighted by molar-refractivity contribution is 7.80. The van der Waals surface area contributed by atoms with Crippen LogP contribution in [0.2, 0.25) is 0 Å². The molecule has 0 spiro atoms. The first kappa shape index (κ1) is 14.2. The highest BCUT2D eigenvalue weighted by Crippen LogP contribution is 2.31. The normalized spacial score (nSPS) is 10.2. The first-order valence-corrected chi connectivity index (χ1v) is 6.03. The maximum Gasteiger partial charge on any atom is 0.201 e. The largest absolute Gasteiger partial charge is 0.497 e. The number of halogens is 2. The van der Waals surface area contributed by atoms with Crippen LogP contribution in [0.3, 0.4) is 0 Å². The van der Waals surface area contributed by atoms with Gasteiger partial charge < -0.3 is 15.2 Å². The topological polar surface area (TPSA) is 44.5 Å². The van der Waals surface area contributed by atoms with E-state index in [0.29, 0.717) is 11.3 Å². The van der Waals surface area contributed by atoms with Crippen molar-refractivity contribution in [2.24, 2.45) is 5.73 Å². The van der Waals surface area contributed by atoms with Crippen LogP contribution in [0.15, 0.2) is 36.4 Å². The summed E-state index contributed by atoms with van der Waals surface area (Å²) in [6, 6.07) is 8.38. The van der Waals surface area contributed by atoms with Gasteiger partial charge in [0.2, 0.25) is 5.82 Å². The van der Waals surface area contributed by atoms with Crippen LogP contribution < -0.4 is 15.2 Å². The van der Waals surface area contributed by atoms with Gasteiger partial charge in [0.1, 0.15) is 16.5 Å². The molecule has 0 aliphatic carbocycles. The summed E-state index contributed by atoms with van der Waals surface area (Å²) >= 11 is 4.89. The van der Waals surface area contributed by atoms with E-state index in [1.165, 1.54) is 25.3 Å². The Labute approximate surface area is 119 Å². The lowest BCUT2D eigenvalue weighted by atomic mass is 10.2. The van der Waals surface area contributed by atoms with Crippen LogP contribution in [-0.4, -0.2) is 12.1 Å². The van der Waals surface area contributed by atoms with E-state index in [2.05, 4.69) is 0 Å². The minimum absolute atomic E-state index is 0.0828. The van der Waals surface area contributed by atoms with E-state index in [1.54, 1.807) is 12.1 Å². The average Bonchev–Trinajstić information content (AvgIpc) is 2.43. The van der Waals surface area contributed by atoms with Gasteiger partial charge in [-0.25, -0.2) is 4.39 Å². The Kier molecular flexibility index (Phi) is 4.14. The summed E-state index contributed by atoms with van der Waals surface area (Å²) in [5.41, 5.74) is 5.98. The van der Waals surface area contributed by atoms with Crippen molar-refractivity contribution >= 4 is 17.2 Å². The molecule has 0 atom stereocenters. The Morgan fingerprint density at radius 2 is 1.90 bits per heavy atom. The molecule has 6 heteroatoms. The maximum atomic E-state index is 13.6. The molecule has 2 N–H and O–H groups in total. The van der Waals surface area contributed by atoms with Gasteiger partial charge in [-0.05, 0) is 24.3 Å². The van der Waals surface area contributed by atoms with Crippen LogP contribution in [-0.2, 0) is 0 Å². The van der Waals surface area contributed by atoms with Gasteiger partial charge in [-0.3, -0.25) is 0 Å². The summed E-state index contributed by atoms with van der Waals surface area (Å²) in [5.74, 6) is -1.65. The van der Waals surface area contributed by atoms with E-state index < -0.39 is 11.6 Å². The molecule has 0 fully saturated rings. The van der Waals surface area contributed by atoms with Gasteiger partial charge in [-0.1, -0.05) is 18.3 Å². The van der Waals surface area contributed by atoms with Crippen LogP contribution in [0.1, 0.15) is 5.56 Å². The molecule has 0 unspecified atom stereocenters. The molecule has 0 saturated carbocycles. The summed E-state index contributed by atoms with van der Waals surface area (Å²) < 4.78 is 37.2. The maximum absolute atomic E-state index is 13.6. The van der Waals surface area contributed by atoms with Gasteiger partial charge in [-0.15, -0.1) is 0 Å². The number of hydrogen-bond acceptors (Lipinski definition) is 3. The Morgan fingerprint density at radius 1 is 1.15 bits per heavy atom. The van der Waals surface area contributed by atoms with Crippen molar-refractivity contribution < 1.29 is 18.3 Å². The molecule has 104 valence electrons. The summed E-state index contributed by atoms with van der Waals surface area (Å²) in [7, 11) is 1.47. The Balaban J connectivity index is 2.46. The van der Waals surface area contributed by atoms with Gasteiger partial charge in [0.25, 0.3) is 0 Å². The fraction of sp³-hybridized carbons (Fsp3) is 0.0714. The predicted molar refractivity (Wildman–Crippen MR) is 75.3 cm³/mol. The van der Waals surface area contributed by atoms with Crippen molar-refractivity contribution in [3.63, 3.8) is 0 Å². The van der Waals surface area contributed by atoms with Gasteiger partial charge >= 0.3 is 0 Å². The zero-order valence-corrected chi connectivity index (χ0v) is 11.3. The molecule has 2 aromatic rings. The molecule has 2 aromatic carbocycles. The first-order valence-electron chi connectivity index (χ1n) is 5.62. The minimum atomic E-state index is -1.08. The number of thiocarbonyl (C=S) groups is 1. The SMILES string of the molecule is COc1ccc(C(N)=S)c(Oc2cccc(F)c2F)c1. The van der Waals surface area contributed by atoms with Crippen molar-refractivity contribution in [3.8, 4) is 17.2 Å². The molecular weight excluding hydrogens is 284 g/mol. The summed E-state index contributed by atoms with van der Waals surface area (Å²) in [6.07, 6.45) is 0. The lowest BCUT2D eigenvalue weighted by molar-refractivity contribution is 0.399. The second-order valence-electron chi connectivity index (χ2n) is 3.88. The highest BCUT2D eigenvalue weighted by Gasteiger charge is 2.14. The third-order valence-corrected chi connectivity index (χ3v) is 2.81. The Morgan fingerprint density at radius 3 is 2.55 bits per heavy atom. The molecule has 0 heterocycles. The number of nitrogens with two attached hydrogens (primary N) is 1. The molecule has 2 rings (SSSR count). The zero-order chi connectivity index (χ0) is 14.7. The minimum Gasteiger partial charge on any atom is -0.497 e. The van der Waals surface area contributed by atoms with Crippen molar-refractivity contribution in [2.45, 2.75) is 0 Å². The second-order valence-corrected chi connectivity index (χ2v) is 4.32. The number of benzene rings is 2. The lowest BCUT2D eigenvalue weighted by Gasteiger charge is -2.12. The van der Waals surface area contributed by atoms with E-state index in [0.717, 1.165) is 6.07 Å². The molecular formula is C14H11F2NO2S. The third kappa shape index (κ3) is 2.85. The zero-order valence-electron chi connectivity index (χ0n) is 10.5. The molecule has 0 aliphatic heterocycles. The van der Waals surface area contributed by atoms with E-state index in [9.17, 15) is 8.78 Å². The predicted octanol–water partition coefficient (Wildman–Crippen LogP) is 3.40. The van der Waals surface area contributed by atoms with Crippen LogP contribution in [0, 0.1) is 11.6 Å². The highest BCUT2D eigenvalue weighted by atomic mass is 32.1. The summed E-state index contributed by atoms with van der Waals surface area (Å²) in [5, 5.41) is 0. The molecule has 3 nitrogen and oxygen atoms in total. The lowest BCUT2D eigenvalue weighted by Crippen LogP contribution is -2.11. The van der Waals surface area contributed by atoms with Crippen molar-refractivity contribution in [3.05, 3.63) is 53.6 Å². The van der Waals surface area contributed by atoms with Crippen molar-refractivity contribution in [2.75, 3.05) is 7.11 Å². The molecule has 20 heavy (non-hydrogen) atoms. The fourth-order valence-corrected chi connectivity index (χ4v) is 1.77. The van der Waals surface area contributed by atoms with Gasteiger partial charge in [0.15, 0.2) is 11.6 Å².